The maximum atomic E-state index is 12.0. The van der Waals surface area contributed by atoms with E-state index in [1.165, 1.54) is 6.07 Å². The number of carbonyl (C=O) groups excluding carboxylic acids is 1. The summed E-state index contributed by atoms with van der Waals surface area (Å²) in [4.78, 5) is 12.0. The molecule has 0 saturated carbocycles. The quantitative estimate of drug-likeness (QED) is 0.400. The molecule has 0 heterocycles. The zero-order valence-corrected chi connectivity index (χ0v) is 15.0. The Balaban J connectivity index is 1.95. The van der Waals surface area contributed by atoms with Gasteiger partial charge in [-0.1, -0.05) is 52.5 Å². The van der Waals surface area contributed by atoms with Crippen LogP contribution < -0.4 is 16.2 Å². The third-order valence-electron chi connectivity index (χ3n) is 2.83. The zero-order valence-electron chi connectivity index (χ0n) is 11.9. The highest BCUT2D eigenvalue weighted by Crippen LogP contribution is 2.32. The summed E-state index contributed by atoms with van der Waals surface area (Å²) < 4.78 is 0. The van der Waals surface area contributed by atoms with Crippen LogP contribution in [0.5, 0.6) is 0 Å². The van der Waals surface area contributed by atoms with Gasteiger partial charge in [0.25, 0.3) is 5.91 Å². The van der Waals surface area contributed by atoms with E-state index in [0.29, 0.717) is 26.3 Å². The van der Waals surface area contributed by atoms with Gasteiger partial charge in [0.1, 0.15) is 0 Å². The van der Waals surface area contributed by atoms with Crippen LogP contribution in [0, 0.1) is 6.92 Å². The molecule has 0 fully saturated rings. The lowest BCUT2D eigenvalue weighted by Crippen LogP contribution is -2.43. The summed E-state index contributed by atoms with van der Waals surface area (Å²) in [5.74, 6) is -0.307. The van der Waals surface area contributed by atoms with Gasteiger partial charge in [-0.25, -0.2) is 0 Å². The Labute approximate surface area is 154 Å². The van der Waals surface area contributed by atoms with Crippen LogP contribution in [0.15, 0.2) is 36.4 Å². The van der Waals surface area contributed by atoms with Crippen molar-refractivity contribution in [3.8, 4) is 0 Å². The second-order valence-electron chi connectivity index (χ2n) is 4.65. The van der Waals surface area contributed by atoms with Gasteiger partial charge in [0.05, 0.1) is 20.8 Å². The number of thiocarbonyl (C=S) groups is 1. The average Bonchev–Trinajstić information content (AvgIpc) is 2.50. The first-order chi connectivity index (χ1) is 10.9. The number of aryl methyl sites for hydroxylation is 1. The molecule has 2 rings (SSSR count). The second kappa shape index (κ2) is 7.84. The minimum atomic E-state index is -0.307. The molecule has 0 unspecified atom stereocenters. The van der Waals surface area contributed by atoms with Crippen molar-refractivity contribution in [3.05, 3.63) is 62.6 Å². The summed E-state index contributed by atoms with van der Waals surface area (Å²) in [7, 11) is 0. The molecule has 8 heteroatoms. The second-order valence-corrected chi connectivity index (χ2v) is 6.28. The number of halogens is 3. The van der Waals surface area contributed by atoms with Crippen LogP contribution in [0.4, 0.5) is 5.69 Å². The van der Waals surface area contributed by atoms with E-state index >= 15 is 0 Å². The SMILES string of the molecule is Cc1cccc(C(=O)NNC(=S)Nc2cc(Cl)c(Cl)cc2Cl)c1. The smallest absolute Gasteiger partial charge is 0.269 e. The van der Waals surface area contributed by atoms with Gasteiger partial charge < -0.3 is 5.32 Å². The zero-order chi connectivity index (χ0) is 17.0. The first-order valence-electron chi connectivity index (χ1n) is 6.45. The molecule has 0 aliphatic carbocycles. The van der Waals surface area contributed by atoms with Gasteiger partial charge in [0.2, 0.25) is 0 Å². The van der Waals surface area contributed by atoms with Gasteiger partial charge >= 0.3 is 0 Å². The molecule has 0 atom stereocenters. The summed E-state index contributed by atoms with van der Waals surface area (Å²) in [6.45, 7) is 1.91. The van der Waals surface area contributed by atoms with E-state index < -0.39 is 0 Å². The number of amides is 1. The third-order valence-corrected chi connectivity index (χ3v) is 4.07. The van der Waals surface area contributed by atoms with E-state index in [-0.39, 0.29) is 11.0 Å². The number of hydrogen-bond donors (Lipinski definition) is 3. The molecule has 2 aromatic rings. The minimum absolute atomic E-state index is 0.159. The highest BCUT2D eigenvalue weighted by molar-refractivity contribution is 7.80. The molecular weight excluding hydrogens is 377 g/mol. The average molecular weight is 389 g/mol. The fourth-order valence-electron chi connectivity index (χ4n) is 1.74. The lowest BCUT2D eigenvalue weighted by Gasteiger charge is -2.13. The van der Waals surface area contributed by atoms with Crippen LogP contribution in [0.1, 0.15) is 15.9 Å². The molecule has 4 nitrogen and oxygen atoms in total. The lowest BCUT2D eigenvalue weighted by molar-refractivity contribution is 0.0944. The first-order valence-corrected chi connectivity index (χ1v) is 7.99. The van der Waals surface area contributed by atoms with Gasteiger partial charge in [0, 0.05) is 5.56 Å². The predicted molar refractivity (Wildman–Crippen MR) is 99.5 cm³/mol. The van der Waals surface area contributed by atoms with Gasteiger partial charge in [0.15, 0.2) is 5.11 Å². The summed E-state index contributed by atoms with van der Waals surface area (Å²) in [6.07, 6.45) is 0. The predicted octanol–water partition coefficient (Wildman–Crippen LogP) is 4.59. The molecule has 0 aliphatic heterocycles. The van der Waals surface area contributed by atoms with Crippen molar-refractivity contribution in [1.29, 1.82) is 0 Å². The van der Waals surface area contributed by atoms with Crippen molar-refractivity contribution < 1.29 is 4.79 Å². The topological polar surface area (TPSA) is 53.2 Å². The monoisotopic (exact) mass is 387 g/mol. The van der Waals surface area contributed by atoms with Gasteiger partial charge in [-0.05, 0) is 43.4 Å². The van der Waals surface area contributed by atoms with Crippen molar-refractivity contribution >= 4 is 63.7 Å². The number of carbonyl (C=O) groups is 1. The van der Waals surface area contributed by atoms with Crippen LogP contribution in [-0.2, 0) is 0 Å². The van der Waals surface area contributed by atoms with E-state index in [2.05, 4.69) is 16.2 Å². The molecule has 120 valence electrons. The fraction of sp³-hybridized carbons (Fsp3) is 0.0667. The summed E-state index contributed by atoms with van der Waals surface area (Å²) in [6, 6.07) is 10.2. The number of hydrazine groups is 1. The maximum absolute atomic E-state index is 12.0. The molecular formula is C15H12Cl3N3OS. The molecule has 0 aliphatic rings. The van der Waals surface area contributed by atoms with Crippen LogP contribution in [0.3, 0.4) is 0 Å². The number of rotatable bonds is 2. The van der Waals surface area contributed by atoms with E-state index in [1.807, 2.05) is 13.0 Å². The van der Waals surface area contributed by atoms with Crippen molar-refractivity contribution in [2.24, 2.45) is 0 Å². The van der Waals surface area contributed by atoms with Crippen molar-refractivity contribution in [1.82, 2.24) is 10.9 Å². The van der Waals surface area contributed by atoms with Crippen LogP contribution in [-0.4, -0.2) is 11.0 Å². The maximum Gasteiger partial charge on any atom is 0.269 e. The Morgan fingerprint density at radius 3 is 2.39 bits per heavy atom. The van der Waals surface area contributed by atoms with E-state index in [1.54, 1.807) is 24.3 Å². The Morgan fingerprint density at radius 2 is 1.70 bits per heavy atom. The number of hydrogen-bond acceptors (Lipinski definition) is 2. The standard InChI is InChI=1S/C15H12Cl3N3OS/c1-8-3-2-4-9(5-8)14(22)20-21-15(23)19-13-7-11(17)10(16)6-12(13)18/h2-7H,1H3,(H,20,22)(H2,19,21,23). The van der Waals surface area contributed by atoms with E-state index in [4.69, 9.17) is 47.0 Å². The molecule has 23 heavy (non-hydrogen) atoms. The van der Waals surface area contributed by atoms with E-state index in [9.17, 15) is 4.79 Å². The highest BCUT2D eigenvalue weighted by atomic mass is 35.5. The van der Waals surface area contributed by atoms with Crippen molar-refractivity contribution in [3.63, 3.8) is 0 Å². The lowest BCUT2D eigenvalue weighted by atomic mass is 10.1. The summed E-state index contributed by atoms with van der Waals surface area (Å²) in [5.41, 5.74) is 7.08. The van der Waals surface area contributed by atoms with Crippen molar-refractivity contribution in [2.45, 2.75) is 6.92 Å². The summed E-state index contributed by atoms with van der Waals surface area (Å²) >= 11 is 22.9. The Morgan fingerprint density at radius 1 is 1.00 bits per heavy atom. The van der Waals surface area contributed by atoms with Gasteiger partial charge in [-0.15, -0.1) is 0 Å². The van der Waals surface area contributed by atoms with Crippen LogP contribution in [0.25, 0.3) is 0 Å². The van der Waals surface area contributed by atoms with Crippen LogP contribution >= 0.6 is 47.0 Å². The van der Waals surface area contributed by atoms with Crippen molar-refractivity contribution in [2.75, 3.05) is 5.32 Å². The molecule has 0 spiro atoms. The molecule has 1 amide bonds. The largest absolute Gasteiger partial charge is 0.330 e. The molecule has 2 aromatic carbocycles. The molecule has 0 saturated heterocycles. The number of benzene rings is 2. The summed E-state index contributed by atoms with van der Waals surface area (Å²) in [5, 5.41) is 4.02. The van der Waals surface area contributed by atoms with Gasteiger partial charge in [-0.2, -0.15) is 0 Å². The Hall–Kier alpha value is -1.53. The highest BCUT2D eigenvalue weighted by Gasteiger charge is 2.09. The Kier molecular flexibility index (Phi) is 6.07. The minimum Gasteiger partial charge on any atom is -0.330 e. The first kappa shape index (κ1) is 17.8. The molecule has 3 N–H and O–H groups in total. The molecule has 0 aromatic heterocycles. The third kappa shape index (κ3) is 4.97. The Bertz CT molecular complexity index is 768. The number of nitrogens with one attached hydrogen (secondary N) is 3. The normalized spacial score (nSPS) is 10.1. The fourth-order valence-corrected chi connectivity index (χ4v) is 2.50. The molecule has 0 bridgehead atoms. The van der Waals surface area contributed by atoms with Crippen LogP contribution in [0.2, 0.25) is 15.1 Å². The molecule has 0 radical (unpaired) electrons. The number of anilines is 1. The van der Waals surface area contributed by atoms with Gasteiger partial charge in [-0.3, -0.25) is 15.6 Å². The van der Waals surface area contributed by atoms with E-state index in [0.717, 1.165) is 5.56 Å².